The SMILES string of the molecule is O=C(Cn1cnc2cc(Br)ccc2c1=O)N1CCOCC1. The fourth-order valence-corrected chi connectivity index (χ4v) is 2.65. The van der Waals surface area contributed by atoms with Crippen molar-refractivity contribution in [1.29, 1.82) is 0 Å². The first-order chi connectivity index (χ1) is 10.1. The van der Waals surface area contributed by atoms with E-state index in [9.17, 15) is 9.59 Å². The van der Waals surface area contributed by atoms with Crippen LogP contribution in [0.3, 0.4) is 0 Å². The summed E-state index contributed by atoms with van der Waals surface area (Å²) in [5.41, 5.74) is 0.415. The zero-order valence-corrected chi connectivity index (χ0v) is 12.9. The average molecular weight is 352 g/mol. The zero-order valence-electron chi connectivity index (χ0n) is 11.3. The first-order valence-electron chi connectivity index (χ1n) is 6.65. The molecule has 110 valence electrons. The number of rotatable bonds is 2. The zero-order chi connectivity index (χ0) is 14.8. The average Bonchev–Trinajstić information content (AvgIpc) is 2.51. The van der Waals surface area contributed by atoms with Crippen LogP contribution in [0, 0.1) is 0 Å². The maximum atomic E-state index is 12.4. The highest BCUT2D eigenvalue weighted by Gasteiger charge is 2.18. The minimum Gasteiger partial charge on any atom is -0.378 e. The molecule has 21 heavy (non-hydrogen) atoms. The van der Waals surface area contributed by atoms with Crippen LogP contribution in [0.5, 0.6) is 0 Å². The molecule has 1 aliphatic rings. The molecule has 1 aliphatic heterocycles. The number of benzene rings is 1. The Kier molecular flexibility index (Phi) is 4.03. The topological polar surface area (TPSA) is 64.4 Å². The highest BCUT2D eigenvalue weighted by atomic mass is 79.9. The number of amides is 1. The van der Waals surface area contributed by atoms with Gasteiger partial charge in [0.1, 0.15) is 6.54 Å². The molecule has 1 saturated heterocycles. The van der Waals surface area contributed by atoms with Crippen LogP contribution in [0.2, 0.25) is 0 Å². The van der Waals surface area contributed by atoms with Crippen LogP contribution >= 0.6 is 15.9 Å². The van der Waals surface area contributed by atoms with Crippen molar-refractivity contribution < 1.29 is 9.53 Å². The van der Waals surface area contributed by atoms with E-state index in [1.807, 2.05) is 0 Å². The van der Waals surface area contributed by atoms with Gasteiger partial charge in [-0.15, -0.1) is 0 Å². The van der Waals surface area contributed by atoms with Crippen molar-refractivity contribution in [2.24, 2.45) is 0 Å². The third-order valence-electron chi connectivity index (χ3n) is 3.46. The van der Waals surface area contributed by atoms with Crippen molar-refractivity contribution in [3.63, 3.8) is 0 Å². The Morgan fingerprint density at radius 2 is 2.10 bits per heavy atom. The number of nitrogens with zero attached hydrogens (tertiary/aromatic N) is 3. The quantitative estimate of drug-likeness (QED) is 0.810. The molecule has 0 radical (unpaired) electrons. The van der Waals surface area contributed by atoms with Gasteiger partial charge in [0.2, 0.25) is 5.91 Å². The molecule has 0 spiro atoms. The summed E-state index contributed by atoms with van der Waals surface area (Å²) in [5, 5.41) is 0.510. The van der Waals surface area contributed by atoms with Gasteiger partial charge >= 0.3 is 0 Å². The van der Waals surface area contributed by atoms with Crippen LogP contribution in [0.15, 0.2) is 33.8 Å². The molecule has 0 N–H and O–H groups in total. The van der Waals surface area contributed by atoms with Gasteiger partial charge in [-0.25, -0.2) is 4.98 Å². The smallest absolute Gasteiger partial charge is 0.261 e. The molecule has 1 amide bonds. The van der Waals surface area contributed by atoms with E-state index in [1.54, 1.807) is 23.1 Å². The number of morpholine rings is 1. The fraction of sp³-hybridized carbons (Fsp3) is 0.357. The molecule has 1 fully saturated rings. The van der Waals surface area contributed by atoms with Crippen molar-refractivity contribution in [2.75, 3.05) is 26.3 Å². The normalized spacial score (nSPS) is 15.4. The standard InChI is InChI=1S/C14H14BrN3O3/c15-10-1-2-11-12(7-10)16-9-18(14(11)20)8-13(19)17-3-5-21-6-4-17/h1-2,7,9H,3-6,8H2. The van der Waals surface area contributed by atoms with Crippen molar-refractivity contribution >= 4 is 32.7 Å². The lowest BCUT2D eigenvalue weighted by Crippen LogP contribution is -2.43. The number of ether oxygens (including phenoxy) is 1. The predicted molar refractivity (Wildman–Crippen MR) is 81.1 cm³/mol. The van der Waals surface area contributed by atoms with Gasteiger partial charge in [-0.05, 0) is 18.2 Å². The highest BCUT2D eigenvalue weighted by molar-refractivity contribution is 9.10. The molecule has 0 saturated carbocycles. The van der Waals surface area contributed by atoms with E-state index in [1.165, 1.54) is 10.9 Å². The molecule has 1 aromatic carbocycles. The van der Waals surface area contributed by atoms with E-state index in [2.05, 4.69) is 20.9 Å². The molecular weight excluding hydrogens is 338 g/mol. The molecule has 2 aromatic rings. The minimum absolute atomic E-state index is 0.0117. The van der Waals surface area contributed by atoms with E-state index in [0.29, 0.717) is 37.2 Å². The van der Waals surface area contributed by atoms with Crippen molar-refractivity contribution in [3.05, 3.63) is 39.4 Å². The Labute approximate surface area is 129 Å². The summed E-state index contributed by atoms with van der Waals surface area (Å²) in [7, 11) is 0. The molecule has 0 aliphatic carbocycles. The second-order valence-electron chi connectivity index (χ2n) is 4.83. The number of carbonyl (C=O) groups excluding carboxylic acids is 1. The summed E-state index contributed by atoms with van der Waals surface area (Å²) in [5.74, 6) is -0.0846. The van der Waals surface area contributed by atoms with Crippen LogP contribution < -0.4 is 5.56 Å². The molecule has 0 bridgehead atoms. The second-order valence-corrected chi connectivity index (χ2v) is 5.75. The van der Waals surface area contributed by atoms with Gasteiger partial charge in [0.15, 0.2) is 0 Å². The lowest BCUT2D eigenvalue weighted by molar-refractivity contribution is -0.135. The van der Waals surface area contributed by atoms with Gasteiger partial charge in [-0.2, -0.15) is 0 Å². The summed E-state index contributed by atoms with van der Waals surface area (Å²) in [4.78, 5) is 30.5. The van der Waals surface area contributed by atoms with Crippen LogP contribution in [0.25, 0.3) is 10.9 Å². The largest absolute Gasteiger partial charge is 0.378 e. The third kappa shape index (κ3) is 2.98. The number of halogens is 1. The maximum absolute atomic E-state index is 12.4. The highest BCUT2D eigenvalue weighted by Crippen LogP contribution is 2.14. The lowest BCUT2D eigenvalue weighted by Gasteiger charge is -2.27. The molecular formula is C14H14BrN3O3. The van der Waals surface area contributed by atoms with Crippen molar-refractivity contribution in [3.8, 4) is 0 Å². The molecule has 0 atom stereocenters. The maximum Gasteiger partial charge on any atom is 0.261 e. The lowest BCUT2D eigenvalue weighted by atomic mass is 10.2. The van der Waals surface area contributed by atoms with Crippen LogP contribution in [0.4, 0.5) is 0 Å². The van der Waals surface area contributed by atoms with E-state index < -0.39 is 0 Å². The summed E-state index contributed by atoms with van der Waals surface area (Å²) in [6.07, 6.45) is 1.43. The summed E-state index contributed by atoms with van der Waals surface area (Å²) < 4.78 is 7.43. The summed E-state index contributed by atoms with van der Waals surface area (Å²) in [6.45, 7) is 2.25. The predicted octanol–water partition coefficient (Wildman–Crippen LogP) is 1.02. The number of hydrogen-bond acceptors (Lipinski definition) is 4. The van der Waals surface area contributed by atoms with Crippen LogP contribution in [-0.4, -0.2) is 46.7 Å². The molecule has 6 nitrogen and oxygen atoms in total. The molecule has 1 aromatic heterocycles. The number of aromatic nitrogens is 2. The Morgan fingerprint density at radius 1 is 1.33 bits per heavy atom. The Hall–Kier alpha value is -1.73. The molecule has 2 heterocycles. The fourth-order valence-electron chi connectivity index (χ4n) is 2.30. The van der Waals surface area contributed by atoms with Gasteiger partial charge in [0, 0.05) is 17.6 Å². The van der Waals surface area contributed by atoms with Crippen LogP contribution in [0.1, 0.15) is 0 Å². The second kappa shape index (κ2) is 5.95. The third-order valence-corrected chi connectivity index (χ3v) is 3.95. The van der Waals surface area contributed by atoms with Gasteiger partial charge in [0.25, 0.3) is 5.56 Å². The molecule has 0 unspecified atom stereocenters. The Balaban J connectivity index is 1.87. The van der Waals surface area contributed by atoms with Crippen molar-refractivity contribution in [1.82, 2.24) is 14.5 Å². The molecule has 3 rings (SSSR count). The van der Waals surface area contributed by atoms with E-state index in [-0.39, 0.29) is 18.0 Å². The van der Waals surface area contributed by atoms with Gasteiger partial charge in [0.05, 0.1) is 30.4 Å². The monoisotopic (exact) mass is 351 g/mol. The van der Waals surface area contributed by atoms with Gasteiger partial charge in [-0.1, -0.05) is 15.9 Å². The Morgan fingerprint density at radius 3 is 2.86 bits per heavy atom. The Bertz CT molecular complexity index is 738. The first kappa shape index (κ1) is 14.2. The van der Waals surface area contributed by atoms with Gasteiger partial charge < -0.3 is 9.64 Å². The number of carbonyl (C=O) groups is 1. The summed E-state index contributed by atoms with van der Waals surface area (Å²) >= 11 is 3.35. The number of hydrogen-bond donors (Lipinski definition) is 0. The molecule has 7 heteroatoms. The van der Waals surface area contributed by atoms with Crippen LogP contribution in [-0.2, 0) is 16.1 Å². The number of fused-ring (bicyclic) bond motifs is 1. The van der Waals surface area contributed by atoms with E-state index in [4.69, 9.17) is 4.74 Å². The minimum atomic E-state index is -0.200. The van der Waals surface area contributed by atoms with E-state index in [0.717, 1.165) is 4.47 Å². The first-order valence-corrected chi connectivity index (χ1v) is 7.45. The van der Waals surface area contributed by atoms with Gasteiger partial charge in [-0.3, -0.25) is 14.2 Å². The summed E-state index contributed by atoms with van der Waals surface area (Å²) in [6, 6.07) is 5.29. The van der Waals surface area contributed by atoms with E-state index >= 15 is 0 Å². The van der Waals surface area contributed by atoms with Crippen molar-refractivity contribution in [2.45, 2.75) is 6.54 Å².